The van der Waals surface area contributed by atoms with Gasteiger partial charge in [-0.25, -0.2) is 8.42 Å². The largest absolute Gasteiger partial charge is 0.223 e. The molecule has 1 radical (unpaired) electrons. The van der Waals surface area contributed by atoms with Crippen LogP contribution in [-0.2, 0) is 9.84 Å². The van der Waals surface area contributed by atoms with E-state index in [4.69, 9.17) is 11.6 Å². The van der Waals surface area contributed by atoms with Crippen LogP contribution in [0.2, 0.25) is 5.02 Å². The van der Waals surface area contributed by atoms with Gasteiger partial charge < -0.3 is 0 Å². The fraction of sp³-hybridized carbons (Fsp3) is 0.222. The molecule has 0 saturated heterocycles. The quantitative estimate of drug-likeness (QED) is 0.764. The van der Waals surface area contributed by atoms with Crippen LogP contribution in [0, 0.1) is 5.25 Å². The molecule has 2 nitrogen and oxygen atoms in total. The van der Waals surface area contributed by atoms with Crippen LogP contribution in [-0.4, -0.2) is 8.42 Å². The minimum Gasteiger partial charge on any atom is -0.223 e. The lowest BCUT2D eigenvalue weighted by Crippen LogP contribution is -2.06. The van der Waals surface area contributed by atoms with Crippen LogP contribution in [0.15, 0.2) is 29.2 Å². The van der Waals surface area contributed by atoms with E-state index in [0.29, 0.717) is 10.3 Å². The predicted octanol–water partition coefficient (Wildman–Crippen LogP) is 2.69. The SMILES string of the molecule is C[C](C)S(=O)(=O)c1ccc(Cl)cc1. The molecule has 0 saturated carbocycles. The van der Waals surface area contributed by atoms with Crippen LogP contribution in [0.4, 0.5) is 0 Å². The maximum absolute atomic E-state index is 11.6. The van der Waals surface area contributed by atoms with Crippen LogP contribution in [0.5, 0.6) is 0 Å². The molecule has 1 rings (SSSR count). The van der Waals surface area contributed by atoms with E-state index in [9.17, 15) is 8.42 Å². The molecular weight excluding hydrogens is 208 g/mol. The van der Waals surface area contributed by atoms with Crippen molar-refractivity contribution in [1.29, 1.82) is 0 Å². The van der Waals surface area contributed by atoms with Crippen LogP contribution in [0.3, 0.4) is 0 Å². The van der Waals surface area contributed by atoms with Crippen LogP contribution in [0.1, 0.15) is 13.8 Å². The summed E-state index contributed by atoms with van der Waals surface area (Å²) < 4.78 is 23.1. The number of rotatable bonds is 2. The normalized spacial score (nSPS) is 12.0. The molecule has 0 bridgehead atoms. The van der Waals surface area contributed by atoms with Crippen molar-refractivity contribution < 1.29 is 8.42 Å². The molecule has 13 heavy (non-hydrogen) atoms. The van der Waals surface area contributed by atoms with Crippen molar-refractivity contribution in [2.45, 2.75) is 18.7 Å². The van der Waals surface area contributed by atoms with E-state index in [1.54, 1.807) is 26.0 Å². The molecule has 71 valence electrons. The van der Waals surface area contributed by atoms with Gasteiger partial charge in [0.25, 0.3) is 0 Å². The van der Waals surface area contributed by atoms with Crippen molar-refractivity contribution in [1.82, 2.24) is 0 Å². The lowest BCUT2D eigenvalue weighted by atomic mass is 10.4. The van der Waals surface area contributed by atoms with Crippen molar-refractivity contribution in [3.63, 3.8) is 0 Å². The maximum Gasteiger partial charge on any atom is 0.185 e. The molecule has 4 heteroatoms. The zero-order valence-electron chi connectivity index (χ0n) is 7.41. The number of benzene rings is 1. The first-order chi connectivity index (χ1) is 5.94. The van der Waals surface area contributed by atoms with Crippen molar-refractivity contribution in [2.24, 2.45) is 0 Å². The summed E-state index contributed by atoms with van der Waals surface area (Å²) in [4.78, 5) is 0.289. The second-order valence-electron chi connectivity index (χ2n) is 2.87. The Morgan fingerprint density at radius 2 is 1.62 bits per heavy atom. The summed E-state index contributed by atoms with van der Waals surface area (Å²) in [6.07, 6.45) is 0. The molecule has 0 N–H and O–H groups in total. The summed E-state index contributed by atoms with van der Waals surface area (Å²) in [5, 5.41) is 0.919. The summed E-state index contributed by atoms with van der Waals surface area (Å²) >= 11 is 5.64. The highest BCUT2D eigenvalue weighted by Crippen LogP contribution is 2.21. The van der Waals surface area contributed by atoms with Crippen LogP contribution < -0.4 is 0 Å². The topological polar surface area (TPSA) is 34.1 Å². The van der Waals surface area contributed by atoms with Gasteiger partial charge in [0.05, 0.1) is 10.1 Å². The molecule has 0 amide bonds. The molecule has 0 aliphatic rings. The Hall–Kier alpha value is -0.540. The number of halogens is 1. The van der Waals surface area contributed by atoms with E-state index in [1.165, 1.54) is 12.1 Å². The maximum atomic E-state index is 11.6. The van der Waals surface area contributed by atoms with Crippen LogP contribution >= 0.6 is 11.6 Å². The summed E-state index contributed by atoms with van der Waals surface area (Å²) in [7, 11) is -3.24. The van der Waals surface area contributed by atoms with Gasteiger partial charge in [0.15, 0.2) is 9.84 Å². The highest BCUT2D eigenvalue weighted by atomic mass is 35.5. The lowest BCUT2D eigenvalue weighted by molar-refractivity contribution is 0.597. The zero-order valence-corrected chi connectivity index (χ0v) is 8.98. The average molecular weight is 218 g/mol. The van der Waals surface area contributed by atoms with Crippen molar-refractivity contribution >= 4 is 21.4 Å². The van der Waals surface area contributed by atoms with Gasteiger partial charge >= 0.3 is 0 Å². The van der Waals surface area contributed by atoms with E-state index >= 15 is 0 Å². The average Bonchev–Trinajstić information content (AvgIpc) is 2.04. The Kier molecular flexibility index (Phi) is 2.98. The van der Waals surface area contributed by atoms with Crippen LogP contribution in [0.25, 0.3) is 0 Å². The van der Waals surface area contributed by atoms with E-state index in [0.717, 1.165) is 0 Å². The van der Waals surface area contributed by atoms with Gasteiger partial charge in [-0.2, -0.15) is 0 Å². The van der Waals surface area contributed by atoms with Gasteiger partial charge in [-0.3, -0.25) is 0 Å². The Labute approximate surface area is 83.5 Å². The first-order valence-electron chi connectivity index (χ1n) is 3.75. The number of sulfone groups is 1. The highest BCUT2D eigenvalue weighted by Gasteiger charge is 2.19. The van der Waals surface area contributed by atoms with Gasteiger partial charge in [0.2, 0.25) is 0 Å². The Bertz CT molecular complexity index is 379. The second kappa shape index (κ2) is 3.68. The van der Waals surface area contributed by atoms with E-state index < -0.39 is 9.84 Å². The van der Waals surface area contributed by atoms with Gasteiger partial charge in [0.1, 0.15) is 0 Å². The van der Waals surface area contributed by atoms with Gasteiger partial charge in [-0.05, 0) is 38.1 Å². The fourth-order valence-electron chi connectivity index (χ4n) is 0.849. The molecule has 0 fully saturated rings. The fourth-order valence-corrected chi connectivity index (χ4v) is 1.94. The monoisotopic (exact) mass is 217 g/mol. The van der Waals surface area contributed by atoms with Crippen molar-refractivity contribution in [2.75, 3.05) is 0 Å². The molecular formula is C9H10ClO2S. The zero-order chi connectivity index (χ0) is 10.1. The third-order valence-corrected chi connectivity index (χ3v) is 3.88. The minimum absolute atomic E-state index is 0.289. The van der Waals surface area contributed by atoms with Gasteiger partial charge in [-0.15, -0.1) is 0 Å². The third-order valence-electron chi connectivity index (χ3n) is 1.66. The Balaban J connectivity index is 3.17. The summed E-state index contributed by atoms with van der Waals surface area (Å²) in [6, 6.07) is 6.14. The van der Waals surface area contributed by atoms with Gasteiger partial charge in [0, 0.05) is 5.02 Å². The lowest BCUT2D eigenvalue weighted by Gasteiger charge is -2.06. The highest BCUT2D eigenvalue weighted by molar-refractivity contribution is 7.94. The Morgan fingerprint density at radius 3 is 2.00 bits per heavy atom. The van der Waals surface area contributed by atoms with E-state index in [2.05, 4.69) is 0 Å². The first kappa shape index (κ1) is 10.5. The third kappa shape index (κ3) is 2.23. The van der Waals surface area contributed by atoms with Crippen molar-refractivity contribution in [3.8, 4) is 0 Å². The number of hydrogen-bond acceptors (Lipinski definition) is 2. The standard InChI is InChI=1S/C9H10ClO2S/c1-7(2)13(11,12)9-5-3-8(10)4-6-9/h3-6H,1-2H3. The summed E-state index contributed by atoms with van der Waals surface area (Å²) in [5.74, 6) is 0. The van der Waals surface area contributed by atoms with E-state index in [-0.39, 0.29) is 4.90 Å². The van der Waals surface area contributed by atoms with E-state index in [1.807, 2.05) is 0 Å². The van der Waals surface area contributed by atoms with Crippen molar-refractivity contribution in [3.05, 3.63) is 34.5 Å². The molecule has 0 aliphatic carbocycles. The molecule has 0 aromatic heterocycles. The second-order valence-corrected chi connectivity index (χ2v) is 5.60. The molecule has 0 atom stereocenters. The molecule has 0 unspecified atom stereocenters. The smallest absolute Gasteiger partial charge is 0.185 e. The predicted molar refractivity (Wildman–Crippen MR) is 53.2 cm³/mol. The molecule has 1 aromatic carbocycles. The Morgan fingerprint density at radius 1 is 1.15 bits per heavy atom. The first-order valence-corrected chi connectivity index (χ1v) is 5.61. The molecule has 0 aliphatic heterocycles. The summed E-state index contributed by atoms with van der Waals surface area (Å²) in [6.45, 7) is 3.15. The molecule has 0 heterocycles. The number of hydrogen-bond donors (Lipinski definition) is 0. The minimum atomic E-state index is -3.24. The molecule has 1 aromatic rings. The summed E-state index contributed by atoms with van der Waals surface area (Å²) in [5.41, 5.74) is 0. The molecule has 0 spiro atoms. The van der Waals surface area contributed by atoms with Gasteiger partial charge in [-0.1, -0.05) is 11.6 Å².